The van der Waals surface area contributed by atoms with Crippen LogP contribution in [0.4, 0.5) is 0 Å². The van der Waals surface area contributed by atoms with Gasteiger partial charge < -0.3 is 18.3 Å². The van der Waals surface area contributed by atoms with E-state index in [0.717, 1.165) is 154 Å². The summed E-state index contributed by atoms with van der Waals surface area (Å²) in [5.74, 6) is 0. The molecule has 4 aromatic heterocycles. The molecule has 410 valence electrons. The van der Waals surface area contributed by atoms with E-state index in [-0.39, 0.29) is 0 Å². The second-order valence-electron chi connectivity index (χ2n) is 23.2. The van der Waals surface area contributed by atoms with Gasteiger partial charge in [0.1, 0.15) is 0 Å². The quantitative estimate of drug-likeness (QED) is 0.151. The van der Waals surface area contributed by atoms with Crippen molar-refractivity contribution in [1.29, 1.82) is 21.0 Å². The molecule has 12 aromatic carbocycles. The largest absolute Gasteiger partial charge is 0.308 e. The first-order valence-corrected chi connectivity index (χ1v) is 29.4. The molecule has 8 nitrogen and oxygen atoms in total. The Kier molecular flexibility index (Phi) is 11.7. The third-order valence-corrected chi connectivity index (χ3v) is 17.9. The lowest BCUT2D eigenvalue weighted by Gasteiger charge is -2.21. The van der Waals surface area contributed by atoms with Crippen molar-refractivity contribution in [3.63, 3.8) is 0 Å². The topological polar surface area (TPSA) is 115 Å². The Morgan fingerprint density at radius 1 is 0.284 bits per heavy atom. The number of aromatic nitrogens is 4. The Balaban J connectivity index is 0.889. The molecule has 0 aliphatic rings. The normalized spacial score (nSPS) is 11.6. The fourth-order valence-corrected chi connectivity index (χ4v) is 14.0. The summed E-state index contributed by atoms with van der Waals surface area (Å²) in [7, 11) is 0. The first-order chi connectivity index (χ1) is 43.2. The highest BCUT2D eigenvalue weighted by Crippen LogP contribution is 2.46. The molecule has 0 radical (unpaired) electrons. The van der Waals surface area contributed by atoms with E-state index in [1.165, 1.54) is 5.56 Å². The molecule has 0 fully saturated rings. The van der Waals surface area contributed by atoms with Crippen LogP contribution in [0.2, 0.25) is 0 Å². The summed E-state index contributed by atoms with van der Waals surface area (Å²) in [6.45, 7) is 6.42. The maximum Gasteiger partial charge on any atom is 0.0993 e. The predicted molar refractivity (Wildman–Crippen MR) is 357 cm³/mol. The highest BCUT2D eigenvalue weighted by Gasteiger charge is 2.27. The molecule has 0 bridgehead atoms. The molecule has 0 spiro atoms. The van der Waals surface area contributed by atoms with Gasteiger partial charge in [-0.25, -0.2) is 0 Å². The smallest absolute Gasteiger partial charge is 0.0993 e. The molecular weight excluding hydrogens is 1070 g/mol. The van der Waals surface area contributed by atoms with Crippen molar-refractivity contribution in [3.05, 3.63) is 287 Å². The summed E-state index contributed by atoms with van der Waals surface area (Å²) < 4.78 is 9.20. The minimum Gasteiger partial charge on any atom is -0.308 e. The molecule has 0 amide bonds. The van der Waals surface area contributed by atoms with Crippen LogP contribution >= 0.6 is 0 Å². The van der Waals surface area contributed by atoms with Crippen LogP contribution in [0, 0.1) is 66.1 Å². The minimum absolute atomic E-state index is 0.513. The second kappa shape index (κ2) is 20.0. The van der Waals surface area contributed by atoms with Crippen LogP contribution in [-0.2, 0) is 6.42 Å². The monoisotopic (exact) mass is 1120 g/mol. The van der Waals surface area contributed by atoms with Crippen LogP contribution in [0.5, 0.6) is 0 Å². The van der Waals surface area contributed by atoms with Crippen LogP contribution in [0.3, 0.4) is 0 Å². The van der Waals surface area contributed by atoms with Crippen LogP contribution in [-0.4, -0.2) is 18.3 Å². The van der Waals surface area contributed by atoms with E-state index in [9.17, 15) is 21.0 Å². The minimum atomic E-state index is 0.513. The van der Waals surface area contributed by atoms with Gasteiger partial charge in [-0.3, -0.25) is 0 Å². The van der Waals surface area contributed by atoms with Gasteiger partial charge in [-0.2, -0.15) is 21.0 Å². The number of fused-ring (bicyclic) bond motifs is 12. The fraction of sp³-hybridized carbons (Fsp3) is 0.0500. The molecule has 0 N–H and O–H groups in total. The highest BCUT2D eigenvalue weighted by atomic mass is 15.0. The van der Waals surface area contributed by atoms with E-state index >= 15 is 0 Å². The van der Waals surface area contributed by atoms with Gasteiger partial charge in [-0.1, -0.05) is 127 Å². The summed E-state index contributed by atoms with van der Waals surface area (Å²) in [6.07, 6.45) is 0.651. The Hall–Kier alpha value is -12.2. The molecule has 0 atom stereocenters. The van der Waals surface area contributed by atoms with Crippen molar-refractivity contribution < 1.29 is 0 Å². The van der Waals surface area contributed by atoms with E-state index in [2.05, 4.69) is 239 Å². The summed E-state index contributed by atoms with van der Waals surface area (Å²) in [4.78, 5) is 0. The van der Waals surface area contributed by atoms with Crippen molar-refractivity contribution in [1.82, 2.24) is 18.3 Å². The van der Waals surface area contributed by atoms with Crippen molar-refractivity contribution in [2.45, 2.75) is 27.2 Å². The number of hydrogen-bond acceptors (Lipinski definition) is 4. The number of aryl methyl sites for hydroxylation is 3. The maximum atomic E-state index is 11.0. The zero-order valence-corrected chi connectivity index (χ0v) is 48.3. The Morgan fingerprint density at radius 2 is 0.659 bits per heavy atom. The van der Waals surface area contributed by atoms with Gasteiger partial charge in [-0.05, 0) is 176 Å². The molecule has 4 heterocycles. The van der Waals surface area contributed by atoms with Gasteiger partial charge >= 0.3 is 0 Å². The van der Waals surface area contributed by atoms with E-state index in [1.807, 2.05) is 60.7 Å². The van der Waals surface area contributed by atoms with Crippen molar-refractivity contribution in [2.24, 2.45) is 0 Å². The number of para-hydroxylation sites is 4. The Morgan fingerprint density at radius 3 is 1.15 bits per heavy atom. The van der Waals surface area contributed by atoms with Gasteiger partial charge in [0.05, 0.1) is 113 Å². The maximum absolute atomic E-state index is 11.0. The molecule has 0 aliphatic carbocycles. The van der Waals surface area contributed by atoms with Gasteiger partial charge in [0.15, 0.2) is 0 Å². The van der Waals surface area contributed by atoms with E-state index in [1.54, 1.807) is 0 Å². The van der Waals surface area contributed by atoms with Gasteiger partial charge in [-0.15, -0.1) is 0 Å². The van der Waals surface area contributed by atoms with Crippen molar-refractivity contribution in [3.8, 4) is 69.3 Å². The third-order valence-electron chi connectivity index (χ3n) is 17.9. The average Bonchev–Trinajstić information content (AvgIpc) is 1.57. The van der Waals surface area contributed by atoms with E-state index < -0.39 is 0 Å². The number of nitrogens with zero attached hydrogens (tertiary/aromatic N) is 8. The molecule has 16 aromatic rings. The first kappa shape index (κ1) is 51.4. The third kappa shape index (κ3) is 7.88. The molecular formula is C80H50N8. The molecule has 0 saturated heterocycles. The summed E-state index contributed by atoms with van der Waals surface area (Å²) >= 11 is 0. The van der Waals surface area contributed by atoms with E-state index in [4.69, 9.17) is 0 Å². The van der Waals surface area contributed by atoms with Crippen molar-refractivity contribution in [2.75, 3.05) is 0 Å². The molecule has 0 aliphatic heterocycles. The number of benzene rings is 12. The van der Waals surface area contributed by atoms with E-state index in [0.29, 0.717) is 28.7 Å². The highest BCUT2D eigenvalue weighted by molar-refractivity contribution is 6.15. The van der Waals surface area contributed by atoms with Gasteiger partial charge in [0.2, 0.25) is 0 Å². The van der Waals surface area contributed by atoms with Crippen molar-refractivity contribution >= 4 is 87.2 Å². The summed E-state index contributed by atoms with van der Waals surface area (Å²) in [5.41, 5.74) is 22.8. The average molecular weight is 1120 g/mol. The predicted octanol–water partition coefficient (Wildman–Crippen LogP) is 19.4. The van der Waals surface area contributed by atoms with Gasteiger partial charge in [0.25, 0.3) is 0 Å². The lowest BCUT2D eigenvalue weighted by molar-refractivity contribution is 1.12. The van der Waals surface area contributed by atoms with Crippen LogP contribution in [0.1, 0.15) is 50.1 Å². The standard InChI is InChI=1S/C80H50N8/c1-48-27-30-71-64(32-48)60-19-5-9-23-68(60)85(71)75-39-54(46-83)40-76(79(75)56-16-12-14-52(36-56)44-81)86-69-24-10-6-20-61(69)65-38-51(28-31-72(65)86)35-58-43-66-62-21-7-11-25-70(62)88(74(66)34-50(58)3)78-42-55(47-84)41-77(80(78)57-17-13-15-53(37-57)45-82)87-67-22-8-4-18-59(67)63-29-26-49(2)33-73(63)87/h4-34,36-43H,35H2,1-3H3. The number of rotatable bonds is 8. The number of hydrogen-bond donors (Lipinski definition) is 0. The fourth-order valence-electron chi connectivity index (χ4n) is 14.0. The lowest BCUT2D eigenvalue weighted by Crippen LogP contribution is -2.05. The Bertz CT molecular complexity index is 5890. The van der Waals surface area contributed by atoms with Gasteiger partial charge in [0, 0.05) is 54.2 Å². The molecule has 0 unspecified atom stereocenters. The molecule has 16 rings (SSSR count). The zero-order valence-electron chi connectivity index (χ0n) is 48.3. The molecule has 0 saturated carbocycles. The summed E-state index contributed by atoms with van der Waals surface area (Å²) in [5, 5.41) is 51.5. The Labute approximate surface area is 506 Å². The van der Waals surface area contributed by atoms with Crippen LogP contribution in [0.15, 0.2) is 237 Å². The first-order valence-electron chi connectivity index (χ1n) is 29.4. The summed E-state index contributed by atoms with van der Waals surface area (Å²) in [6, 6.07) is 92.0. The molecule has 8 heteroatoms. The molecule has 88 heavy (non-hydrogen) atoms. The van der Waals surface area contributed by atoms with Crippen LogP contribution in [0.25, 0.3) is 132 Å². The van der Waals surface area contributed by atoms with Crippen LogP contribution < -0.4 is 0 Å². The second-order valence-corrected chi connectivity index (χ2v) is 23.2. The number of nitriles is 4. The zero-order chi connectivity index (χ0) is 59.5. The lowest BCUT2D eigenvalue weighted by atomic mass is 9.96. The SMILES string of the molecule is Cc1ccc2c(c1)c1ccccc1n2-c1cc(C#N)cc(-n2c3ccccc3c3cc(Cc4cc5c6ccccc6n(-c6cc(C#N)cc(-n7c8ccccc8c8ccc(C)cc87)c6-c6cccc(C#N)c6)c5cc4C)ccc32)c1-c1cccc(C#N)c1.